The molecule has 0 saturated heterocycles. The van der Waals surface area contributed by atoms with E-state index < -0.39 is 18.5 Å². The zero-order chi connectivity index (χ0) is 22.2. The van der Waals surface area contributed by atoms with Gasteiger partial charge in [0, 0.05) is 24.0 Å². The van der Waals surface area contributed by atoms with Crippen molar-refractivity contribution in [3.05, 3.63) is 89.8 Å². The smallest absolute Gasteiger partial charge is 0.341 e. The van der Waals surface area contributed by atoms with Crippen molar-refractivity contribution in [1.82, 2.24) is 4.57 Å². The maximum atomic E-state index is 12.6. The first kappa shape index (κ1) is 21.4. The van der Waals surface area contributed by atoms with Crippen LogP contribution < -0.4 is 15.8 Å². The first-order chi connectivity index (χ1) is 14.9. The summed E-state index contributed by atoms with van der Waals surface area (Å²) in [5, 5.41) is 11.5. The number of allylic oxidation sites excluding steroid dienone is 1. The topological polar surface area (TPSA) is 124 Å². The predicted molar refractivity (Wildman–Crippen MR) is 116 cm³/mol. The molecule has 1 aromatic heterocycles. The number of carbonyl (C=O) groups is 3. The van der Waals surface area contributed by atoms with Gasteiger partial charge in [0.1, 0.15) is 11.4 Å². The van der Waals surface area contributed by atoms with Crippen LogP contribution in [0.5, 0.6) is 5.75 Å². The van der Waals surface area contributed by atoms with E-state index in [1.807, 2.05) is 18.2 Å². The van der Waals surface area contributed by atoms with Gasteiger partial charge in [-0.1, -0.05) is 24.3 Å². The molecule has 2 amide bonds. The number of hydrogen-bond donors (Lipinski definition) is 3. The van der Waals surface area contributed by atoms with E-state index in [1.165, 1.54) is 0 Å². The lowest BCUT2D eigenvalue weighted by Gasteiger charge is -2.09. The van der Waals surface area contributed by atoms with Crippen LogP contribution in [-0.2, 0) is 11.3 Å². The number of aromatic nitrogens is 1. The number of nitrogens with zero attached hydrogens (tertiary/aromatic N) is 1. The molecule has 0 unspecified atom stereocenters. The van der Waals surface area contributed by atoms with Gasteiger partial charge in [-0.25, -0.2) is 4.79 Å². The number of carboxylic acid groups (broad SMARTS) is 1. The normalized spacial score (nSPS) is 10.7. The number of hydrogen-bond acceptors (Lipinski definition) is 4. The summed E-state index contributed by atoms with van der Waals surface area (Å²) in [6, 6.07) is 16.9. The van der Waals surface area contributed by atoms with E-state index >= 15 is 0 Å². The van der Waals surface area contributed by atoms with Crippen LogP contribution in [0, 0.1) is 0 Å². The summed E-state index contributed by atoms with van der Waals surface area (Å²) >= 11 is 0. The second kappa shape index (κ2) is 9.93. The number of ether oxygens (including phenoxy) is 1. The van der Waals surface area contributed by atoms with Crippen molar-refractivity contribution in [1.29, 1.82) is 0 Å². The Labute approximate surface area is 178 Å². The SMILES string of the molecule is NC(=O)c1ccc(NC(=O)c2cccn2C/C=C/c2cccc(OCC(=O)O)c2)cc1. The van der Waals surface area contributed by atoms with Crippen molar-refractivity contribution < 1.29 is 24.2 Å². The van der Waals surface area contributed by atoms with Crippen molar-refractivity contribution >= 4 is 29.5 Å². The fourth-order valence-electron chi connectivity index (χ4n) is 2.85. The molecule has 0 bridgehead atoms. The van der Waals surface area contributed by atoms with E-state index in [1.54, 1.807) is 65.4 Å². The van der Waals surface area contributed by atoms with Crippen molar-refractivity contribution in [2.24, 2.45) is 5.73 Å². The summed E-state index contributed by atoms with van der Waals surface area (Å²) < 4.78 is 6.96. The Bertz CT molecular complexity index is 1120. The zero-order valence-corrected chi connectivity index (χ0v) is 16.5. The lowest BCUT2D eigenvalue weighted by molar-refractivity contribution is -0.139. The van der Waals surface area contributed by atoms with Crippen LogP contribution in [0.1, 0.15) is 26.4 Å². The number of aliphatic carboxylic acids is 1. The van der Waals surface area contributed by atoms with Gasteiger partial charge in [-0.15, -0.1) is 0 Å². The standard InChI is InChI=1S/C23H21N3O5/c24-22(29)17-8-10-18(11-9-17)25-23(30)20-7-3-13-26(20)12-2-5-16-4-1-6-19(14-16)31-15-21(27)28/h1-11,13-14H,12,15H2,(H2,24,29)(H,25,30)(H,27,28)/b5-2+. The molecule has 0 atom stereocenters. The third kappa shape index (κ3) is 6.07. The van der Waals surface area contributed by atoms with Gasteiger partial charge in [-0.2, -0.15) is 0 Å². The summed E-state index contributed by atoms with van der Waals surface area (Å²) in [5.41, 5.74) is 7.45. The van der Waals surface area contributed by atoms with Crippen molar-refractivity contribution in [2.75, 3.05) is 11.9 Å². The average Bonchev–Trinajstić information content (AvgIpc) is 3.22. The highest BCUT2D eigenvalue weighted by Gasteiger charge is 2.11. The molecule has 0 aliphatic heterocycles. The molecule has 0 spiro atoms. The fourth-order valence-corrected chi connectivity index (χ4v) is 2.85. The summed E-state index contributed by atoms with van der Waals surface area (Å²) in [5.74, 6) is -1.39. The Morgan fingerprint density at radius 1 is 1.06 bits per heavy atom. The predicted octanol–water partition coefficient (Wildman–Crippen LogP) is 3.02. The summed E-state index contributed by atoms with van der Waals surface area (Å²) in [6.45, 7) is 0.0524. The molecule has 4 N–H and O–H groups in total. The Hall–Kier alpha value is -4.33. The number of carbonyl (C=O) groups excluding carboxylic acids is 2. The minimum atomic E-state index is -1.04. The number of nitrogens with two attached hydrogens (primary N) is 1. The maximum Gasteiger partial charge on any atom is 0.341 e. The molecule has 3 rings (SSSR count). The van der Waals surface area contributed by atoms with Gasteiger partial charge >= 0.3 is 5.97 Å². The van der Waals surface area contributed by atoms with E-state index in [9.17, 15) is 14.4 Å². The number of rotatable bonds is 9. The van der Waals surface area contributed by atoms with Crippen LogP contribution in [0.4, 0.5) is 5.69 Å². The highest BCUT2D eigenvalue weighted by molar-refractivity contribution is 6.03. The van der Waals surface area contributed by atoms with E-state index in [4.69, 9.17) is 15.6 Å². The van der Waals surface area contributed by atoms with E-state index in [2.05, 4.69) is 5.32 Å². The van der Waals surface area contributed by atoms with Crippen LogP contribution in [0.3, 0.4) is 0 Å². The van der Waals surface area contributed by atoms with Crippen LogP contribution in [-0.4, -0.2) is 34.1 Å². The Balaban J connectivity index is 1.62. The molecule has 0 aliphatic carbocycles. The molecule has 31 heavy (non-hydrogen) atoms. The van der Waals surface area contributed by atoms with Gasteiger partial charge in [0.05, 0.1) is 0 Å². The molecule has 0 saturated carbocycles. The third-order valence-electron chi connectivity index (χ3n) is 4.32. The molecule has 1 heterocycles. The third-order valence-corrected chi connectivity index (χ3v) is 4.32. The highest BCUT2D eigenvalue weighted by Crippen LogP contribution is 2.15. The summed E-state index contributed by atoms with van der Waals surface area (Å²) in [6.07, 6.45) is 5.54. The van der Waals surface area contributed by atoms with Gasteiger partial charge in [0.2, 0.25) is 5.91 Å². The number of anilines is 1. The Morgan fingerprint density at radius 3 is 2.55 bits per heavy atom. The van der Waals surface area contributed by atoms with E-state index in [-0.39, 0.29) is 5.91 Å². The summed E-state index contributed by atoms with van der Waals surface area (Å²) in [7, 11) is 0. The van der Waals surface area contributed by atoms with Gasteiger partial charge in [-0.05, 0) is 54.1 Å². The van der Waals surface area contributed by atoms with Crippen LogP contribution in [0.25, 0.3) is 6.08 Å². The first-order valence-corrected chi connectivity index (χ1v) is 9.40. The molecule has 8 heteroatoms. The van der Waals surface area contributed by atoms with E-state index in [0.29, 0.717) is 29.2 Å². The number of nitrogens with one attached hydrogen (secondary N) is 1. The first-order valence-electron chi connectivity index (χ1n) is 9.40. The Kier molecular flexibility index (Phi) is 6.85. The number of benzene rings is 2. The number of primary amides is 1. The summed E-state index contributed by atoms with van der Waals surface area (Å²) in [4.78, 5) is 34.4. The van der Waals surface area contributed by atoms with E-state index in [0.717, 1.165) is 5.56 Å². The quantitative estimate of drug-likeness (QED) is 0.492. The molecule has 0 fully saturated rings. The second-order valence-corrected chi connectivity index (χ2v) is 6.60. The average molecular weight is 419 g/mol. The molecular formula is C23H21N3O5. The van der Waals surface area contributed by atoms with Gasteiger partial charge < -0.3 is 25.5 Å². The van der Waals surface area contributed by atoms with Crippen molar-refractivity contribution in [3.8, 4) is 5.75 Å². The van der Waals surface area contributed by atoms with Crippen LogP contribution in [0.15, 0.2) is 72.9 Å². The number of amides is 2. The largest absolute Gasteiger partial charge is 0.482 e. The minimum Gasteiger partial charge on any atom is -0.482 e. The lowest BCUT2D eigenvalue weighted by Crippen LogP contribution is -2.17. The van der Waals surface area contributed by atoms with Crippen LogP contribution in [0.2, 0.25) is 0 Å². The second-order valence-electron chi connectivity index (χ2n) is 6.60. The van der Waals surface area contributed by atoms with Gasteiger partial charge in [-0.3, -0.25) is 9.59 Å². The Morgan fingerprint density at radius 2 is 1.84 bits per heavy atom. The monoisotopic (exact) mass is 419 g/mol. The van der Waals surface area contributed by atoms with Gasteiger partial charge in [0.25, 0.3) is 5.91 Å². The lowest BCUT2D eigenvalue weighted by atomic mass is 10.2. The van der Waals surface area contributed by atoms with Crippen molar-refractivity contribution in [3.63, 3.8) is 0 Å². The van der Waals surface area contributed by atoms with Crippen molar-refractivity contribution in [2.45, 2.75) is 6.54 Å². The molecule has 8 nitrogen and oxygen atoms in total. The maximum absolute atomic E-state index is 12.6. The van der Waals surface area contributed by atoms with Gasteiger partial charge in [0.15, 0.2) is 6.61 Å². The number of carboxylic acids is 1. The molecule has 0 aliphatic rings. The zero-order valence-electron chi connectivity index (χ0n) is 16.5. The molecule has 158 valence electrons. The fraction of sp³-hybridized carbons (Fsp3) is 0.0870. The minimum absolute atomic E-state index is 0.283. The molecule has 2 aromatic carbocycles. The molecule has 3 aromatic rings. The highest BCUT2D eigenvalue weighted by atomic mass is 16.5. The molecule has 0 radical (unpaired) electrons. The van der Waals surface area contributed by atoms with Crippen LogP contribution >= 0.6 is 0 Å². The molecular weight excluding hydrogens is 398 g/mol.